The first-order valence-electron chi connectivity index (χ1n) is 6.92. The highest BCUT2D eigenvalue weighted by atomic mass is 32.2. The Labute approximate surface area is 111 Å². The lowest BCUT2D eigenvalue weighted by atomic mass is 9.88. The third-order valence-corrected chi connectivity index (χ3v) is 4.69. The summed E-state index contributed by atoms with van der Waals surface area (Å²) in [6.45, 7) is 11.0. The van der Waals surface area contributed by atoms with Crippen LogP contribution in [0.4, 0.5) is 0 Å². The molecule has 0 spiro atoms. The van der Waals surface area contributed by atoms with E-state index in [9.17, 15) is 0 Å². The summed E-state index contributed by atoms with van der Waals surface area (Å²) >= 11 is 2.09. The Morgan fingerprint density at radius 1 is 1.35 bits per heavy atom. The first kappa shape index (κ1) is 15.3. The molecule has 2 nitrogen and oxygen atoms in total. The van der Waals surface area contributed by atoms with Gasteiger partial charge in [-0.05, 0) is 50.8 Å². The van der Waals surface area contributed by atoms with Gasteiger partial charge >= 0.3 is 0 Å². The third-order valence-electron chi connectivity index (χ3n) is 3.07. The number of thioether (sulfide) groups is 1. The second-order valence-electron chi connectivity index (χ2n) is 6.16. The first-order valence-corrected chi connectivity index (χ1v) is 8.08. The van der Waals surface area contributed by atoms with Crippen molar-refractivity contribution in [3.8, 4) is 0 Å². The van der Waals surface area contributed by atoms with E-state index in [0.717, 1.165) is 19.2 Å². The van der Waals surface area contributed by atoms with E-state index >= 15 is 0 Å². The lowest BCUT2D eigenvalue weighted by molar-refractivity contribution is 0.0759. The molecule has 102 valence electrons. The SMILES string of the molecule is CC(C)OCCCCNC1CSCC(C)(C)C1. The fourth-order valence-electron chi connectivity index (χ4n) is 2.25. The highest BCUT2D eigenvalue weighted by Crippen LogP contribution is 2.33. The molecule has 1 aliphatic rings. The molecule has 0 radical (unpaired) electrons. The van der Waals surface area contributed by atoms with Gasteiger partial charge in [0, 0.05) is 18.4 Å². The van der Waals surface area contributed by atoms with Gasteiger partial charge in [0.05, 0.1) is 6.10 Å². The molecule has 1 aliphatic heterocycles. The van der Waals surface area contributed by atoms with Gasteiger partial charge in [0.25, 0.3) is 0 Å². The summed E-state index contributed by atoms with van der Waals surface area (Å²) in [4.78, 5) is 0. The minimum absolute atomic E-state index is 0.374. The monoisotopic (exact) mass is 259 g/mol. The minimum atomic E-state index is 0.374. The maximum absolute atomic E-state index is 5.54. The second kappa shape index (κ2) is 7.65. The Hall–Kier alpha value is 0.270. The quantitative estimate of drug-likeness (QED) is 0.709. The first-order chi connectivity index (χ1) is 7.99. The summed E-state index contributed by atoms with van der Waals surface area (Å²) in [5, 5.41) is 3.69. The van der Waals surface area contributed by atoms with Crippen LogP contribution >= 0.6 is 11.8 Å². The van der Waals surface area contributed by atoms with E-state index in [1.54, 1.807) is 0 Å². The van der Waals surface area contributed by atoms with Crippen molar-refractivity contribution in [1.29, 1.82) is 0 Å². The van der Waals surface area contributed by atoms with Crippen LogP contribution in [-0.2, 0) is 4.74 Å². The van der Waals surface area contributed by atoms with E-state index in [0.29, 0.717) is 11.5 Å². The van der Waals surface area contributed by atoms with Crippen LogP contribution in [0.25, 0.3) is 0 Å². The van der Waals surface area contributed by atoms with Gasteiger partial charge in [0.1, 0.15) is 0 Å². The van der Waals surface area contributed by atoms with Crippen molar-refractivity contribution >= 4 is 11.8 Å². The Morgan fingerprint density at radius 3 is 2.76 bits per heavy atom. The molecule has 1 saturated heterocycles. The molecule has 0 aromatic heterocycles. The standard InChI is InChI=1S/C14H29NOS/c1-12(2)16-8-6-5-7-15-13-9-14(3,4)11-17-10-13/h12-13,15H,5-11H2,1-4H3. The van der Waals surface area contributed by atoms with E-state index in [1.165, 1.54) is 30.8 Å². The summed E-state index contributed by atoms with van der Waals surface area (Å²) in [5.41, 5.74) is 0.515. The van der Waals surface area contributed by atoms with Crippen LogP contribution in [0.5, 0.6) is 0 Å². The Kier molecular flexibility index (Phi) is 6.90. The highest BCUT2D eigenvalue weighted by molar-refractivity contribution is 7.99. The number of nitrogens with one attached hydrogen (secondary N) is 1. The van der Waals surface area contributed by atoms with Crippen LogP contribution in [-0.4, -0.2) is 36.8 Å². The lowest BCUT2D eigenvalue weighted by Crippen LogP contribution is -2.40. The predicted octanol–water partition coefficient (Wildman–Crippen LogP) is 3.31. The fraction of sp³-hybridized carbons (Fsp3) is 1.00. The zero-order valence-corrected chi connectivity index (χ0v) is 12.7. The van der Waals surface area contributed by atoms with Crippen molar-refractivity contribution in [2.24, 2.45) is 5.41 Å². The summed E-state index contributed by atoms with van der Waals surface area (Å²) < 4.78 is 5.54. The molecular formula is C14H29NOS. The van der Waals surface area contributed by atoms with E-state index in [-0.39, 0.29) is 0 Å². The molecule has 0 aromatic rings. The molecular weight excluding hydrogens is 230 g/mol. The number of unbranched alkanes of at least 4 members (excludes halogenated alkanes) is 1. The number of hydrogen-bond donors (Lipinski definition) is 1. The van der Waals surface area contributed by atoms with Gasteiger partial charge in [-0.25, -0.2) is 0 Å². The smallest absolute Gasteiger partial charge is 0.0518 e. The Bertz CT molecular complexity index is 206. The van der Waals surface area contributed by atoms with E-state index in [2.05, 4.69) is 44.8 Å². The van der Waals surface area contributed by atoms with Gasteiger partial charge in [-0.3, -0.25) is 0 Å². The number of ether oxygens (including phenoxy) is 1. The Morgan fingerprint density at radius 2 is 2.12 bits per heavy atom. The minimum Gasteiger partial charge on any atom is -0.379 e. The molecule has 0 aliphatic carbocycles. The van der Waals surface area contributed by atoms with E-state index in [4.69, 9.17) is 4.74 Å². The van der Waals surface area contributed by atoms with Crippen molar-refractivity contribution in [2.45, 2.75) is 59.1 Å². The van der Waals surface area contributed by atoms with Crippen LogP contribution in [0.2, 0.25) is 0 Å². The topological polar surface area (TPSA) is 21.3 Å². The van der Waals surface area contributed by atoms with Gasteiger partial charge < -0.3 is 10.1 Å². The molecule has 0 aromatic carbocycles. The largest absolute Gasteiger partial charge is 0.379 e. The molecule has 0 bridgehead atoms. The summed E-state index contributed by atoms with van der Waals surface area (Å²) in [7, 11) is 0. The fourth-order valence-corrected chi connectivity index (χ4v) is 3.55. The predicted molar refractivity (Wildman–Crippen MR) is 77.8 cm³/mol. The molecule has 3 heteroatoms. The van der Waals surface area contributed by atoms with Gasteiger partial charge in [-0.15, -0.1) is 0 Å². The maximum atomic E-state index is 5.54. The zero-order chi connectivity index (χ0) is 12.7. The van der Waals surface area contributed by atoms with Gasteiger partial charge in [0.15, 0.2) is 0 Å². The van der Waals surface area contributed by atoms with Gasteiger partial charge in [-0.1, -0.05) is 13.8 Å². The average Bonchev–Trinajstić information content (AvgIpc) is 2.21. The third kappa shape index (κ3) is 7.32. The van der Waals surface area contributed by atoms with Gasteiger partial charge in [-0.2, -0.15) is 11.8 Å². The molecule has 1 atom stereocenters. The molecule has 1 rings (SSSR count). The van der Waals surface area contributed by atoms with E-state index < -0.39 is 0 Å². The molecule has 1 unspecified atom stereocenters. The molecule has 0 saturated carbocycles. The lowest BCUT2D eigenvalue weighted by Gasteiger charge is -2.35. The van der Waals surface area contributed by atoms with Crippen molar-refractivity contribution in [3.63, 3.8) is 0 Å². The molecule has 1 N–H and O–H groups in total. The van der Waals surface area contributed by atoms with Gasteiger partial charge in [0.2, 0.25) is 0 Å². The van der Waals surface area contributed by atoms with Crippen LogP contribution in [0.3, 0.4) is 0 Å². The van der Waals surface area contributed by atoms with Crippen LogP contribution < -0.4 is 5.32 Å². The Balaban J connectivity index is 1.99. The van der Waals surface area contributed by atoms with Crippen molar-refractivity contribution in [1.82, 2.24) is 5.32 Å². The number of rotatable bonds is 7. The molecule has 0 amide bonds. The molecule has 1 fully saturated rings. The maximum Gasteiger partial charge on any atom is 0.0518 e. The van der Waals surface area contributed by atoms with Crippen LogP contribution in [0.15, 0.2) is 0 Å². The molecule has 17 heavy (non-hydrogen) atoms. The highest BCUT2D eigenvalue weighted by Gasteiger charge is 2.27. The van der Waals surface area contributed by atoms with Crippen molar-refractivity contribution < 1.29 is 4.74 Å². The van der Waals surface area contributed by atoms with Crippen LogP contribution in [0.1, 0.15) is 47.0 Å². The summed E-state index contributed by atoms with van der Waals surface area (Å²) in [6.07, 6.45) is 4.10. The second-order valence-corrected chi connectivity index (χ2v) is 7.19. The van der Waals surface area contributed by atoms with E-state index in [1.807, 2.05) is 0 Å². The number of hydrogen-bond acceptors (Lipinski definition) is 3. The normalized spacial score (nSPS) is 24.2. The average molecular weight is 259 g/mol. The van der Waals surface area contributed by atoms with Crippen LogP contribution in [0, 0.1) is 5.41 Å². The van der Waals surface area contributed by atoms with Crippen molar-refractivity contribution in [2.75, 3.05) is 24.7 Å². The summed E-state index contributed by atoms with van der Waals surface area (Å²) in [6, 6.07) is 0.717. The zero-order valence-electron chi connectivity index (χ0n) is 11.9. The summed E-state index contributed by atoms with van der Waals surface area (Å²) in [5.74, 6) is 2.60. The molecule has 1 heterocycles. The van der Waals surface area contributed by atoms with Crippen molar-refractivity contribution in [3.05, 3.63) is 0 Å².